The SMILES string of the molecule is Clc1cccnc1Sc1ncc(Br)cc1Cl. The summed E-state index contributed by atoms with van der Waals surface area (Å²) >= 11 is 16.7. The summed E-state index contributed by atoms with van der Waals surface area (Å²) in [7, 11) is 0. The van der Waals surface area contributed by atoms with Crippen LogP contribution in [0, 0.1) is 0 Å². The lowest BCUT2D eigenvalue weighted by molar-refractivity contribution is 1.09. The van der Waals surface area contributed by atoms with Gasteiger partial charge in [0, 0.05) is 16.9 Å². The molecule has 0 N–H and O–H groups in total. The van der Waals surface area contributed by atoms with Gasteiger partial charge in [0.15, 0.2) is 0 Å². The summed E-state index contributed by atoms with van der Waals surface area (Å²) < 4.78 is 0.842. The Kier molecular flexibility index (Phi) is 4.08. The first kappa shape index (κ1) is 12.2. The molecule has 0 amide bonds. The fourth-order valence-corrected chi connectivity index (χ4v) is 2.72. The van der Waals surface area contributed by atoms with Crippen molar-refractivity contribution in [2.45, 2.75) is 10.1 Å². The molecule has 0 aromatic carbocycles. The molecule has 0 aliphatic rings. The first-order valence-corrected chi connectivity index (χ1v) is 6.63. The van der Waals surface area contributed by atoms with Gasteiger partial charge in [-0.15, -0.1) is 0 Å². The fourth-order valence-electron chi connectivity index (χ4n) is 1.02. The number of pyridine rings is 2. The minimum absolute atomic E-state index is 0.570. The molecular formula is C10H5BrCl2N2S. The van der Waals surface area contributed by atoms with E-state index in [9.17, 15) is 0 Å². The lowest BCUT2D eigenvalue weighted by atomic mass is 10.5. The molecule has 0 saturated heterocycles. The molecule has 0 unspecified atom stereocenters. The zero-order valence-electron chi connectivity index (χ0n) is 7.82. The van der Waals surface area contributed by atoms with Gasteiger partial charge < -0.3 is 0 Å². The van der Waals surface area contributed by atoms with Gasteiger partial charge in [-0.1, -0.05) is 23.2 Å². The Hall–Kier alpha value is -0.290. The first-order valence-electron chi connectivity index (χ1n) is 4.26. The number of halogens is 3. The third kappa shape index (κ3) is 2.88. The number of nitrogens with zero attached hydrogens (tertiary/aromatic N) is 2. The molecule has 0 spiro atoms. The molecule has 2 aromatic rings. The van der Waals surface area contributed by atoms with E-state index in [2.05, 4.69) is 25.9 Å². The minimum Gasteiger partial charge on any atom is -0.248 e. The average molecular weight is 336 g/mol. The molecular weight excluding hydrogens is 331 g/mol. The maximum atomic E-state index is 6.05. The quantitative estimate of drug-likeness (QED) is 0.795. The number of hydrogen-bond donors (Lipinski definition) is 0. The van der Waals surface area contributed by atoms with Gasteiger partial charge in [0.25, 0.3) is 0 Å². The highest BCUT2D eigenvalue weighted by molar-refractivity contribution is 9.10. The largest absolute Gasteiger partial charge is 0.248 e. The van der Waals surface area contributed by atoms with E-state index in [-0.39, 0.29) is 0 Å². The molecule has 82 valence electrons. The van der Waals surface area contributed by atoms with Gasteiger partial charge >= 0.3 is 0 Å². The number of aromatic nitrogens is 2. The van der Waals surface area contributed by atoms with E-state index >= 15 is 0 Å². The lowest BCUT2D eigenvalue weighted by Crippen LogP contribution is -1.85. The molecule has 0 radical (unpaired) electrons. The van der Waals surface area contributed by atoms with Gasteiger partial charge in [0.1, 0.15) is 10.1 Å². The van der Waals surface area contributed by atoms with E-state index < -0.39 is 0 Å². The lowest BCUT2D eigenvalue weighted by Gasteiger charge is -2.03. The molecule has 2 rings (SSSR count). The second-order valence-corrected chi connectivity index (χ2v) is 5.54. The van der Waals surface area contributed by atoms with Crippen LogP contribution in [0.4, 0.5) is 0 Å². The summed E-state index contributed by atoms with van der Waals surface area (Å²) in [6.45, 7) is 0. The van der Waals surface area contributed by atoms with Crippen molar-refractivity contribution in [1.29, 1.82) is 0 Å². The van der Waals surface area contributed by atoms with Crippen LogP contribution in [0.15, 0.2) is 45.1 Å². The Balaban J connectivity index is 2.31. The smallest absolute Gasteiger partial charge is 0.121 e. The van der Waals surface area contributed by atoms with Crippen molar-refractivity contribution in [1.82, 2.24) is 9.97 Å². The highest BCUT2D eigenvalue weighted by Crippen LogP contribution is 2.34. The van der Waals surface area contributed by atoms with Gasteiger partial charge in [-0.2, -0.15) is 0 Å². The van der Waals surface area contributed by atoms with Gasteiger partial charge in [-0.3, -0.25) is 0 Å². The molecule has 2 aromatic heterocycles. The van der Waals surface area contributed by atoms with Crippen LogP contribution in [-0.2, 0) is 0 Å². The zero-order chi connectivity index (χ0) is 11.5. The topological polar surface area (TPSA) is 25.8 Å². The van der Waals surface area contributed by atoms with Crippen LogP contribution in [0.25, 0.3) is 0 Å². The maximum Gasteiger partial charge on any atom is 0.121 e. The van der Waals surface area contributed by atoms with Crippen LogP contribution < -0.4 is 0 Å². The molecule has 0 fully saturated rings. The Morgan fingerprint density at radius 2 is 1.88 bits per heavy atom. The Bertz CT molecular complexity index is 522. The molecule has 2 heterocycles. The molecule has 0 bridgehead atoms. The summed E-state index contributed by atoms with van der Waals surface area (Å²) in [6.07, 6.45) is 3.37. The minimum atomic E-state index is 0.570. The second-order valence-electron chi connectivity index (χ2n) is 2.83. The van der Waals surface area contributed by atoms with E-state index in [1.807, 2.05) is 0 Å². The van der Waals surface area contributed by atoms with E-state index in [0.29, 0.717) is 20.1 Å². The molecule has 2 nitrogen and oxygen atoms in total. The van der Waals surface area contributed by atoms with Crippen LogP contribution in [-0.4, -0.2) is 9.97 Å². The Morgan fingerprint density at radius 1 is 1.12 bits per heavy atom. The average Bonchev–Trinajstić information content (AvgIpc) is 2.25. The summed E-state index contributed by atoms with van der Waals surface area (Å²) in [6, 6.07) is 5.35. The van der Waals surface area contributed by atoms with Crippen molar-refractivity contribution in [2.75, 3.05) is 0 Å². The zero-order valence-corrected chi connectivity index (χ0v) is 11.7. The molecule has 0 aliphatic carbocycles. The molecule has 16 heavy (non-hydrogen) atoms. The van der Waals surface area contributed by atoms with Crippen molar-refractivity contribution < 1.29 is 0 Å². The Labute approximate surface area is 116 Å². The van der Waals surface area contributed by atoms with Crippen LogP contribution in [0.3, 0.4) is 0 Å². The summed E-state index contributed by atoms with van der Waals surface area (Å²) in [5.74, 6) is 0. The standard InChI is InChI=1S/C10H5BrCl2N2S/c11-6-4-8(13)10(15-5-6)16-9-7(12)2-1-3-14-9/h1-5H. The monoisotopic (exact) mass is 334 g/mol. The van der Waals surface area contributed by atoms with Gasteiger partial charge in [-0.25, -0.2) is 9.97 Å². The van der Waals surface area contributed by atoms with Crippen LogP contribution in [0.1, 0.15) is 0 Å². The van der Waals surface area contributed by atoms with Gasteiger partial charge in [0.2, 0.25) is 0 Å². The summed E-state index contributed by atoms with van der Waals surface area (Å²) in [4.78, 5) is 8.36. The van der Waals surface area contributed by atoms with Gasteiger partial charge in [-0.05, 0) is 45.9 Å². The predicted molar refractivity (Wildman–Crippen MR) is 70.3 cm³/mol. The molecule has 0 saturated carbocycles. The predicted octanol–water partition coefficient (Wildman–Crippen LogP) is 4.70. The van der Waals surface area contributed by atoms with Crippen molar-refractivity contribution >= 4 is 50.9 Å². The van der Waals surface area contributed by atoms with E-state index in [0.717, 1.165) is 4.47 Å². The highest BCUT2D eigenvalue weighted by atomic mass is 79.9. The van der Waals surface area contributed by atoms with E-state index in [1.54, 1.807) is 30.6 Å². The van der Waals surface area contributed by atoms with Crippen molar-refractivity contribution in [3.8, 4) is 0 Å². The maximum absolute atomic E-state index is 6.05. The Morgan fingerprint density at radius 3 is 2.56 bits per heavy atom. The van der Waals surface area contributed by atoms with Crippen LogP contribution in [0.5, 0.6) is 0 Å². The third-order valence-corrected chi connectivity index (χ3v) is 3.98. The normalized spacial score (nSPS) is 10.4. The molecule has 0 atom stereocenters. The number of rotatable bonds is 2. The van der Waals surface area contributed by atoms with E-state index in [1.165, 1.54) is 11.8 Å². The van der Waals surface area contributed by atoms with Crippen molar-refractivity contribution in [3.05, 3.63) is 45.1 Å². The highest BCUT2D eigenvalue weighted by Gasteiger charge is 2.08. The summed E-state index contributed by atoms with van der Waals surface area (Å²) in [5.41, 5.74) is 0. The van der Waals surface area contributed by atoms with Crippen molar-refractivity contribution in [2.24, 2.45) is 0 Å². The van der Waals surface area contributed by atoms with Crippen LogP contribution in [0.2, 0.25) is 10.0 Å². The fraction of sp³-hybridized carbons (Fsp3) is 0. The van der Waals surface area contributed by atoms with Crippen LogP contribution >= 0.6 is 50.9 Å². The van der Waals surface area contributed by atoms with Gasteiger partial charge in [0.05, 0.1) is 10.0 Å². The first-order chi connectivity index (χ1) is 7.66. The van der Waals surface area contributed by atoms with E-state index in [4.69, 9.17) is 23.2 Å². The molecule has 0 aliphatic heterocycles. The van der Waals surface area contributed by atoms with Crippen molar-refractivity contribution in [3.63, 3.8) is 0 Å². The molecule has 6 heteroatoms. The third-order valence-electron chi connectivity index (χ3n) is 1.69. The number of hydrogen-bond acceptors (Lipinski definition) is 3. The summed E-state index contributed by atoms with van der Waals surface area (Å²) in [5, 5.41) is 2.54. The second kappa shape index (κ2) is 5.36.